The minimum absolute atomic E-state index is 0.0435. The summed E-state index contributed by atoms with van der Waals surface area (Å²) in [5, 5.41) is 27.0. The lowest BCUT2D eigenvalue weighted by Gasteiger charge is -2.41. The van der Waals surface area contributed by atoms with Crippen LogP contribution < -0.4 is 15.4 Å². The molecule has 1 saturated heterocycles. The molecule has 5 unspecified atom stereocenters. The summed E-state index contributed by atoms with van der Waals surface area (Å²) in [6, 6.07) is 2.69. The normalized spacial score (nSPS) is 26.8. The third-order valence-corrected chi connectivity index (χ3v) is 12.8. The van der Waals surface area contributed by atoms with Gasteiger partial charge in [0.1, 0.15) is 17.8 Å². The van der Waals surface area contributed by atoms with Gasteiger partial charge >= 0.3 is 18.2 Å². The third kappa shape index (κ3) is 9.45. The van der Waals surface area contributed by atoms with E-state index in [1.165, 1.54) is 27.6 Å². The Morgan fingerprint density at radius 1 is 1.16 bits per heavy atom. The van der Waals surface area contributed by atoms with Crippen molar-refractivity contribution in [3.63, 3.8) is 0 Å². The summed E-state index contributed by atoms with van der Waals surface area (Å²) in [6.07, 6.45) is 3.76. The van der Waals surface area contributed by atoms with Gasteiger partial charge in [0.25, 0.3) is 0 Å². The fraction of sp³-hybridized carbons (Fsp3) is 0.625. The Hall–Kier alpha value is -3.89. The molecule has 2 aromatic rings. The lowest BCUT2D eigenvalue weighted by molar-refractivity contribution is -0.402. The number of alkyl carbamates (subject to hydrolysis) is 1. The van der Waals surface area contributed by atoms with Crippen LogP contribution in [0.1, 0.15) is 94.9 Å². The Labute approximate surface area is 328 Å². The van der Waals surface area contributed by atoms with Crippen LogP contribution >= 0.6 is 11.9 Å². The largest absolute Gasteiger partial charge is 0.505 e. The predicted molar refractivity (Wildman–Crippen MR) is 203 cm³/mol. The summed E-state index contributed by atoms with van der Waals surface area (Å²) < 4.78 is 48.8. The lowest BCUT2D eigenvalue weighted by Crippen LogP contribution is -2.87. The number of carbonyl (C=O) groups excluding carboxylic acids is 4. The number of nitrogens with two attached hydrogens (primary N) is 1. The molecule has 6 N–H and O–H groups in total. The molecule has 0 bridgehead atoms. The van der Waals surface area contributed by atoms with Crippen LogP contribution in [0, 0.1) is 24.7 Å². The maximum atomic E-state index is 14.7. The number of piperidine rings is 1. The van der Waals surface area contributed by atoms with Gasteiger partial charge in [-0.05, 0) is 88.7 Å². The van der Waals surface area contributed by atoms with E-state index in [9.17, 15) is 42.6 Å². The fourth-order valence-electron chi connectivity index (χ4n) is 7.83. The van der Waals surface area contributed by atoms with Crippen molar-refractivity contribution >= 4 is 46.7 Å². The molecule has 306 valence electrons. The molecule has 3 fully saturated rings. The number of hydrogen-bond acceptors (Lipinski definition) is 9. The second kappa shape index (κ2) is 16.9. The number of aromatic hydroxyl groups is 1. The molecule has 0 spiro atoms. The van der Waals surface area contributed by atoms with Gasteiger partial charge in [0, 0.05) is 23.4 Å². The second-order valence-corrected chi connectivity index (χ2v) is 17.8. The number of alkyl halides is 3. The first-order valence-electron chi connectivity index (χ1n) is 19.6. The van der Waals surface area contributed by atoms with E-state index in [0.717, 1.165) is 37.7 Å². The number of halogens is 3. The van der Waals surface area contributed by atoms with E-state index >= 15 is 0 Å². The topological polar surface area (TPSA) is 175 Å². The number of benzene rings is 1. The molecule has 6 rings (SSSR count). The number of ether oxygens (including phenoxy) is 1. The highest BCUT2D eigenvalue weighted by atomic mass is 32.2. The number of pyridine rings is 1. The zero-order chi connectivity index (χ0) is 40.4. The van der Waals surface area contributed by atoms with E-state index < -0.39 is 59.1 Å². The molecule has 2 saturated carbocycles. The van der Waals surface area contributed by atoms with Crippen LogP contribution in [-0.2, 0) is 31.7 Å². The van der Waals surface area contributed by atoms with E-state index in [1.54, 1.807) is 19.1 Å². The molecule has 0 radical (unpaired) electrons. The average molecular weight is 805 g/mol. The molecule has 4 amide bonds. The molecular formula is C40H53F3N5O7S+. The van der Waals surface area contributed by atoms with Gasteiger partial charge in [0.05, 0.1) is 35.4 Å². The number of aliphatic hydroxyl groups excluding tert-OH is 1. The molecule has 4 aliphatic rings. The SMILES string of the molecule is Cc1ccc2nc(C(F)(F)F)c(O)c(CC3CCC4C(=O)NC5(C(=O)[NH2+]SC6(CO)CC6)CC5C=CCCCCCC(NC(=O)OCC(C)C)C(=O)N4C3)c2c1. The van der Waals surface area contributed by atoms with Gasteiger partial charge < -0.3 is 30.5 Å². The Morgan fingerprint density at radius 2 is 1.93 bits per heavy atom. The van der Waals surface area contributed by atoms with Gasteiger partial charge in [-0.1, -0.05) is 50.5 Å². The Kier molecular flexibility index (Phi) is 12.6. The fourth-order valence-corrected chi connectivity index (χ4v) is 8.81. The van der Waals surface area contributed by atoms with Crippen LogP contribution in [0.25, 0.3) is 10.9 Å². The third-order valence-electron chi connectivity index (χ3n) is 11.4. The van der Waals surface area contributed by atoms with Crippen LogP contribution in [0.3, 0.4) is 0 Å². The molecule has 56 heavy (non-hydrogen) atoms. The number of rotatable bonds is 9. The number of amides is 4. The smallest absolute Gasteiger partial charge is 0.437 e. The molecule has 2 aliphatic carbocycles. The van der Waals surface area contributed by atoms with Crippen LogP contribution in [0.2, 0.25) is 0 Å². The Morgan fingerprint density at radius 3 is 2.62 bits per heavy atom. The number of aromatic nitrogens is 1. The number of carbonyl (C=O) groups is 4. The van der Waals surface area contributed by atoms with E-state index in [-0.39, 0.29) is 72.6 Å². The number of aliphatic hydroxyl groups is 1. The molecular weight excluding hydrogens is 752 g/mol. The zero-order valence-corrected chi connectivity index (χ0v) is 32.9. The highest BCUT2D eigenvalue weighted by Gasteiger charge is 2.64. The summed E-state index contributed by atoms with van der Waals surface area (Å²) >= 11 is 1.28. The van der Waals surface area contributed by atoms with Crippen molar-refractivity contribution in [3.05, 3.63) is 47.2 Å². The van der Waals surface area contributed by atoms with Gasteiger partial charge in [-0.25, -0.2) is 19.3 Å². The number of nitrogens with one attached hydrogen (secondary N) is 2. The Bertz CT molecular complexity index is 1850. The molecule has 12 nitrogen and oxygen atoms in total. The quantitative estimate of drug-likeness (QED) is 0.176. The molecule has 1 aromatic heterocycles. The summed E-state index contributed by atoms with van der Waals surface area (Å²) in [5.41, 5.74) is -1.73. The number of quaternary nitrogens is 1. The van der Waals surface area contributed by atoms with Gasteiger partial charge in [0.2, 0.25) is 11.8 Å². The minimum atomic E-state index is -4.92. The standard InChI is InChI=1S/C40H52F3N5O7S/c1-23(2)21-55-37(54)45-30-10-8-6-4-5-7-9-26-19-39(26,36(53)47-56-38(22-49)15-16-38)46-34(51)31-14-12-25(20-48(31)35(30)52)18-28-27-17-24(3)11-13-29(27)44-33(32(28)50)40(41,42)43/h7,9,11,13,17,23,25-26,30-31,49-50H,4-6,8,10,12,14-16,18-22H2,1-3H3,(H,45,54)(H,46,51)(H,47,53)/p+1. The molecule has 16 heteroatoms. The van der Waals surface area contributed by atoms with Gasteiger partial charge in [0.15, 0.2) is 11.2 Å². The van der Waals surface area contributed by atoms with E-state index in [0.29, 0.717) is 24.6 Å². The number of nitrogens with zero attached hydrogens (tertiary/aromatic N) is 2. The summed E-state index contributed by atoms with van der Waals surface area (Å²) in [4.78, 5) is 61.0. The monoisotopic (exact) mass is 804 g/mol. The summed E-state index contributed by atoms with van der Waals surface area (Å²) in [6.45, 7) is 5.56. The lowest BCUT2D eigenvalue weighted by atomic mass is 9.85. The van der Waals surface area contributed by atoms with Crippen molar-refractivity contribution < 1.29 is 52.0 Å². The van der Waals surface area contributed by atoms with Crippen molar-refractivity contribution in [1.29, 1.82) is 0 Å². The van der Waals surface area contributed by atoms with Gasteiger partial charge in [-0.15, -0.1) is 0 Å². The first-order valence-corrected chi connectivity index (χ1v) is 20.5. The van der Waals surface area contributed by atoms with Crippen molar-refractivity contribution in [3.8, 4) is 5.75 Å². The van der Waals surface area contributed by atoms with Gasteiger partial charge in [-0.2, -0.15) is 13.2 Å². The average Bonchev–Trinajstić information content (AvgIpc) is 4.08. The second-order valence-electron chi connectivity index (χ2n) is 16.4. The van der Waals surface area contributed by atoms with Crippen molar-refractivity contribution in [1.82, 2.24) is 20.5 Å². The maximum absolute atomic E-state index is 14.7. The number of fused-ring (bicyclic) bond motifs is 3. The first kappa shape index (κ1) is 41.7. The molecule has 5 atom stereocenters. The van der Waals surface area contributed by atoms with Crippen molar-refractivity contribution in [2.45, 2.75) is 120 Å². The van der Waals surface area contributed by atoms with Crippen molar-refractivity contribution in [2.24, 2.45) is 17.8 Å². The van der Waals surface area contributed by atoms with Crippen LogP contribution in [0.5, 0.6) is 5.75 Å². The van der Waals surface area contributed by atoms with Crippen LogP contribution in [0.15, 0.2) is 30.4 Å². The number of hydrogen-bond donors (Lipinski definition) is 5. The van der Waals surface area contributed by atoms with E-state index in [2.05, 4.69) is 15.6 Å². The molecule has 3 heterocycles. The zero-order valence-electron chi connectivity index (χ0n) is 32.1. The van der Waals surface area contributed by atoms with Crippen molar-refractivity contribution in [2.75, 3.05) is 19.8 Å². The van der Waals surface area contributed by atoms with Crippen LogP contribution in [-0.4, -0.2) is 86.0 Å². The first-order chi connectivity index (χ1) is 26.6. The minimum Gasteiger partial charge on any atom is -0.505 e. The maximum Gasteiger partial charge on any atom is 0.437 e. The summed E-state index contributed by atoms with van der Waals surface area (Å²) in [7, 11) is 0. The summed E-state index contributed by atoms with van der Waals surface area (Å²) in [5.74, 6) is -3.01. The van der Waals surface area contributed by atoms with Crippen LogP contribution in [0.4, 0.5) is 18.0 Å². The number of aryl methyl sites for hydroxylation is 1. The van der Waals surface area contributed by atoms with E-state index in [1.807, 2.05) is 26.0 Å². The highest BCUT2D eigenvalue weighted by molar-refractivity contribution is 7.94. The Balaban J connectivity index is 1.32. The highest BCUT2D eigenvalue weighted by Crippen LogP contribution is 2.47. The number of primary amides is 1. The predicted octanol–water partition coefficient (Wildman–Crippen LogP) is 4.83. The molecule has 1 aromatic carbocycles. The van der Waals surface area contributed by atoms with E-state index in [4.69, 9.17) is 4.74 Å². The molecule has 2 aliphatic heterocycles. The number of allylic oxidation sites excluding steroid dienone is 1. The van der Waals surface area contributed by atoms with Gasteiger partial charge in [-0.3, -0.25) is 9.59 Å².